The van der Waals surface area contributed by atoms with Gasteiger partial charge in [-0.1, -0.05) is 6.92 Å². The van der Waals surface area contributed by atoms with Crippen LogP contribution in [0.25, 0.3) is 0 Å². The zero-order valence-corrected chi connectivity index (χ0v) is 11.9. The molecule has 0 amide bonds. The number of nitrogens with zero attached hydrogens (tertiary/aromatic N) is 1. The average molecular weight is 275 g/mol. The SMILES string of the molecule is CC(C)OC(=O)C(C(=O)OC(C)C)C(C)C[N+](=O)[O-]. The lowest BCUT2D eigenvalue weighted by Crippen LogP contribution is -2.38. The molecule has 0 rings (SSSR count). The Morgan fingerprint density at radius 2 is 1.37 bits per heavy atom. The number of carbonyl (C=O) groups is 2. The maximum atomic E-state index is 11.9. The van der Waals surface area contributed by atoms with E-state index in [9.17, 15) is 19.7 Å². The van der Waals surface area contributed by atoms with Crippen molar-refractivity contribution in [1.82, 2.24) is 0 Å². The average Bonchev–Trinajstić information content (AvgIpc) is 2.12. The van der Waals surface area contributed by atoms with E-state index in [4.69, 9.17) is 9.47 Å². The maximum Gasteiger partial charge on any atom is 0.321 e. The maximum absolute atomic E-state index is 11.9. The van der Waals surface area contributed by atoms with E-state index in [2.05, 4.69) is 0 Å². The van der Waals surface area contributed by atoms with Crippen molar-refractivity contribution in [3.8, 4) is 0 Å². The van der Waals surface area contributed by atoms with Crippen molar-refractivity contribution in [1.29, 1.82) is 0 Å². The molecular weight excluding hydrogens is 254 g/mol. The first-order valence-electron chi connectivity index (χ1n) is 6.17. The van der Waals surface area contributed by atoms with Crippen LogP contribution in [0.1, 0.15) is 34.6 Å². The fraction of sp³-hybridized carbons (Fsp3) is 0.833. The van der Waals surface area contributed by atoms with Gasteiger partial charge in [0.05, 0.1) is 12.2 Å². The largest absolute Gasteiger partial charge is 0.462 e. The van der Waals surface area contributed by atoms with E-state index in [0.29, 0.717) is 0 Å². The molecule has 0 saturated carbocycles. The van der Waals surface area contributed by atoms with E-state index >= 15 is 0 Å². The summed E-state index contributed by atoms with van der Waals surface area (Å²) in [5.74, 6) is -3.62. The van der Waals surface area contributed by atoms with Crippen molar-refractivity contribution >= 4 is 11.9 Å². The van der Waals surface area contributed by atoms with E-state index in [1.165, 1.54) is 6.92 Å². The Labute approximate surface area is 112 Å². The van der Waals surface area contributed by atoms with Gasteiger partial charge in [-0.15, -0.1) is 0 Å². The predicted molar refractivity (Wildman–Crippen MR) is 67.0 cm³/mol. The van der Waals surface area contributed by atoms with Gasteiger partial charge in [0.15, 0.2) is 5.92 Å². The van der Waals surface area contributed by atoms with Crippen LogP contribution in [-0.2, 0) is 19.1 Å². The number of carbonyl (C=O) groups excluding carboxylic acids is 2. The Hall–Kier alpha value is -1.66. The molecule has 0 aromatic carbocycles. The molecule has 7 nitrogen and oxygen atoms in total. The van der Waals surface area contributed by atoms with Gasteiger partial charge in [0.25, 0.3) is 0 Å². The zero-order valence-electron chi connectivity index (χ0n) is 11.9. The summed E-state index contributed by atoms with van der Waals surface area (Å²) < 4.78 is 9.91. The van der Waals surface area contributed by atoms with Crippen LogP contribution in [0, 0.1) is 22.0 Å². The minimum atomic E-state index is -1.27. The van der Waals surface area contributed by atoms with Gasteiger partial charge >= 0.3 is 11.9 Å². The van der Waals surface area contributed by atoms with Gasteiger partial charge in [-0.3, -0.25) is 19.7 Å². The molecule has 19 heavy (non-hydrogen) atoms. The smallest absolute Gasteiger partial charge is 0.321 e. The monoisotopic (exact) mass is 275 g/mol. The number of hydrogen-bond donors (Lipinski definition) is 0. The summed E-state index contributed by atoms with van der Waals surface area (Å²) in [5, 5.41) is 10.5. The van der Waals surface area contributed by atoms with Crippen molar-refractivity contribution in [2.45, 2.75) is 46.8 Å². The molecular formula is C12H21NO6. The fourth-order valence-electron chi connectivity index (χ4n) is 1.51. The number of esters is 2. The molecule has 1 atom stereocenters. The van der Waals surface area contributed by atoms with Crippen LogP contribution in [0.5, 0.6) is 0 Å². The summed E-state index contributed by atoms with van der Waals surface area (Å²) in [5.41, 5.74) is 0. The highest BCUT2D eigenvalue weighted by molar-refractivity contribution is 5.95. The third-order valence-corrected chi connectivity index (χ3v) is 2.22. The van der Waals surface area contributed by atoms with Crippen molar-refractivity contribution < 1.29 is 24.0 Å². The van der Waals surface area contributed by atoms with Crippen molar-refractivity contribution in [2.24, 2.45) is 11.8 Å². The first-order chi connectivity index (χ1) is 8.65. The van der Waals surface area contributed by atoms with Gasteiger partial charge in [0.1, 0.15) is 0 Å². The zero-order chi connectivity index (χ0) is 15.2. The Kier molecular flexibility index (Phi) is 7.03. The first-order valence-corrected chi connectivity index (χ1v) is 6.17. The second kappa shape index (κ2) is 7.70. The van der Waals surface area contributed by atoms with Crippen LogP contribution in [0.4, 0.5) is 0 Å². The number of nitro groups is 1. The quantitative estimate of drug-likeness (QED) is 0.302. The summed E-state index contributed by atoms with van der Waals surface area (Å²) in [6, 6.07) is 0. The van der Waals surface area contributed by atoms with Crippen LogP contribution in [0.15, 0.2) is 0 Å². The van der Waals surface area contributed by atoms with Gasteiger partial charge < -0.3 is 9.47 Å². The normalized spacial score (nSPS) is 12.6. The molecule has 0 N–H and O–H groups in total. The summed E-state index contributed by atoms with van der Waals surface area (Å²) >= 11 is 0. The molecule has 0 heterocycles. The lowest BCUT2D eigenvalue weighted by molar-refractivity contribution is -0.488. The van der Waals surface area contributed by atoms with Crippen LogP contribution in [-0.4, -0.2) is 35.6 Å². The Balaban J connectivity index is 4.96. The molecule has 0 radical (unpaired) electrons. The summed E-state index contributed by atoms with van der Waals surface area (Å²) in [6.45, 7) is 7.52. The van der Waals surface area contributed by atoms with E-state index in [1.54, 1.807) is 27.7 Å². The summed E-state index contributed by atoms with van der Waals surface area (Å²) in [4.78, 5) is 33.6. The van der Waals surface area contributed by atoms with Crippen LogP contribution in [0.3, 0.4) is 0 Å². The van der Waals surface area contributed by atoms with Crippen molar-refractivity contribution in [3.05, 3.63) is 10.1 Å². The molecule has 0 fully saturated rings. The van der Waals surface area contributed by atoms with Crippen molar-refractivity contribution in [2.75, 3.05) is 6.54 Å². The Bertz CT molecular complexity index is 317. The molecule has 110 valence electrons. The van der Waals surface area contributed by atoms with E-state index in [-0.39, 0.29) is 0 Å². The Morgan fingerprint density at radius 3 is 1.63 bits per heavy atom. The van der Waals surface area contributed by atoms with Crippen LogP contribution in [0.2, 0.25) is 0 Å². The topological polar surface area (TPSA) is 95.7 Å². The van der Waals surface area contributed by atoms with E-state index in [0.717, 1.165) is 0 Å². The molecule has 0 aliphatic rings. The van der Waals surface area contributed by atoms with E-state index in [1.807, 2.05) is 0 Å². The minimum Gasteiger partial charge on any atom is -0.462 e. The van der Waals surface area contributed by atoms with Gasteiger partial charge in [-0.05, 0) is 27.7 Å². The van der Waals surface area contributed by atoms with Crippen LogP contribution < -0.4 is 0 Å². The molecule has 0 aromatic rings. The lowest BCUT2D eigenvalue weighted by Gasteiger charge is -2.21. The minimum absolute atomic E-state index is 0.398. The summed E-state index contributed by atoms with van der Waals surface area (Å²) in [6.07, 6.45) is -0.797. The van der Waals surface area contributed by atoms with Gasteiger partial charge in [0, 0.05) is 10.8 Å². The molecule has 0 spiro atoms. The molecule has 0 aromatic heterocycles. The standard InChI is InChI=1S/C12H21NO6/c1-7(2)18-11(14)10(9(5)6-13(16)17)12(15)19-8(3)4/h7-10H,6H2,1-5H3. The van der Waals surface area contributed by atoms with Gasteiger partial charge in [-0.25, -0.2) is 0 Å². The third kappa shape index (κ3) is 6.73. The second-order valence-electron chi connectivity index (χ2n) is 4.94. The highest BCUT2D eigenvalue weighted by atomic mass is 16.6. The molecule has 7 heteroatoms. The number of ether oxygens (including phenoxy) is 2. The lowest BCUT2D eigenvalue weighted by atomic mass is 9.94. The van der Waals surface area contributed by atoms with Crippen molar-refractivity contribution in [3.63, 3.8) is 0 Å². The van der Waals surface area contributed by atoms with E-state index < -0.39 is 47.5 Å². The highest BCUT2D eigenvalue weighted by Crippen LogP contribution is 2.18. The third-order valence-electron chi connectivity index (χ3n) is 2.22. The molecule has 1 unspecified atom stereocenters. The van der Waals surface area contributed by atoms with Gasteiger partial charge in [0.2, 0.25) is 6.54 Å². The number of hydrogen-bond acceptors (Lipinski definition) is 6. The first kappa shape index (κ1) is 17.3. The van der Waals surface area contributed by atoms with Crippen LogP contribution >= 0.6 is 0 Å². The molecule has 0 bridgehead atoms. The molecule has 0 aliphatic carbocycles. The highest BCUT2D eigenvalue weighted by Gasteiger charge is 2.38. The molecule has 0 saturated heterocycles. The predicted octanol–water partition coefficient (Wildman–Crippen LogP) is 1.42. The Morgan fingerprint density at radius 1 is 1.00 bits per heavy atom. The molecule has 0 aliphatic heterocycles. The summed E-state index contributed by atoms with van der Waals surface area (Å²) in [7, 11) is 0. The van der Waals surface area contributed by atoms with Gasteiger partial charge in [-0.2, -0.15) is 0 Å². The fourth-order valence-corrected chi connectivity index (χ4v) is 1.51. The number of rotatable bonds is 7. The second-order valence-corrected chi connectivity index (χ2v) is 4.94.